The van der Waals surface area contributed by atoms with Crippen LogP contribution in [0.2, 0.25) is 0 Å². The number of halogens is 1. The number of benzene rings is 1. The molecular formula is C18H25FN2O4. The zero-order chi connectivity index (χ0) is 18.8. The molecule has 1 aromatic carbocycles. The molecule has 138 valence electrons. The van der Waals surface area contributed by atoms with Gasteiger partial charge in [-0.05, 0) is 45.9 Å². The van der Waals surface area contributed by atoms with Gasteiger partial charge in [0.1, 0.15) is 5.82 Å². The quantitative estimate of drug-likeness (QED) is 0.852. The molecule has 2 N–H and O–H groups in total. The van der Waals surface area contributed by atoms with E-state index in [0.717, 1.165) is 0 Å². The highest BCUT2D eigenvalue weighted by atomic mass is 19.1. The Morgan fingerprint density at radius 1 is 1.32 bits per heavy atom. The predicted octanol–water partition coefficient (Wildman–Crippen LogP) is 2.88. The topological polar surface area (TPSA) is 78.9 Å². The summed E-state index contributed by atoms with van der Waals surface area (Å²) in [7, 11) is 0. The molecule has 1 aliphatic heterocycles. The Kier molecular flexibility index (Phi) is 5.67. The second-order valence-electron chi connectivity index (χ2n) is 7.24. The fourth-order valence-corrected chi connectivity index (χ4v) is 2.90. The van der Waals surface area contributed by atoms with Crippen molar-refractivity contribution in [3.63, 3.8) is 0 Å². The molecule has 0 saturated carbocycles. The number of carboxylic acids is 1. The summed E-state index contributed by atoms with van der Waals surface area (Å²) in [5, 5.41) is 11.6. The maximum absolute atomic E-state index is 14.5. The van der Waals surface area contributed by atoms with E-state index < -0.39 is 23.1 Å². The van der Waals surface area contributed by atoms with E-state index >= 15 is 0 Å². The van der Waals surface area contributed by atoms with E-state index in [-0.39, 0.29) is 18.6 Å². The van der Waals surface area contributed by atoms with Crippen LogP contribution in [0.5, 0.6) is 0 Å². The van der Waals surface area contributed by atoms with Crippen LogP contribution in [0.4, 0.5) is 15.8 Å². The van der Waals surface area contributed by atoms with Crippen LogP contribution >= 0.6 is 0 Å². The lowest BCUT2D eigenvalue weighted by Crippen LogP contribution is -2.45. The third kappa shape index (κ3) is 4.92. The Labute approximate surface area is 147 Å². The summed E-state index contributed by atoms with van der Waals surface area (Å²) in [4.78, 5) is 25.0. The van der Waals surface area contributed by atoms with Gasteiger partial charge < -0.3 is 20.1 Å². The Morgan fingerprint density at radius 3 is 2.44 bits per heavy atom. The van der Waals surface area contributed by atoms with E-state index in [1.807, 2.05) is 18.7 Å². The number of carbonyl (C=O) groups excluding carboxylic acids is 1. The summed E-state index contributed by atoms with van der Waals surface area (Å²) in [5.41, 5.74) is -0.407. The van der Waals surface area contributed by atoms with Gasteiger partial charge >= 0.3 is 5.97 Å². The Balaban J connectivity index is 2.06. The highest BCUT2D eigenvalue weighted by Crippen LogP contribution is 2.27. The van der Waals surface area contributed by atoms with Crippen molar-refractivity contribution in [1.82, 2.24) is 0 Å². The molecule has 1 aromatic rings. The SMILES string of the molecule is C[C@@H]1CN(c2ccc(NC(=O)CC(C)(C)C(=O)O)cc2F)C[C@@H](C)O1. The number of hydrogen-bond acceptors (Lipinski definition) is 4. The molecular weight excluding hydrogens is 327 g/mol. The molecule has 0 aromatic heterocycles. The number of aliphatic carboxylic acids is 1. The van der Waals surface area contributed by atoms with Gasteiger partial charge in [-0.2, -0.15) is 0 Å². The van der Waals surface area contributed by atoms with Gasteiger partial charge in [-0.15, -0.1) is 0 Å². The largest absolute Gasteiger partial charge is 0.481 e. The first-order valence-electron chi connectivity index (χ1n) is 8.31. The first-order chi connectivity index (χ1) is 11.6. The number of nitrogens with one attached hydrogen (secondary N) is 1. The van der Waals surface area contributed by atoms with Crippen LogP contribution in [0.3, 0.4) is 0 Å². The molecule has 0 aliphatic carbocycles. The number of morpholine rings is 1. The Hall–Kier alpha value is -2.15. The van der Waals surface area contributed by atoms with Crippen molar-refractivity contribution in [2.75, 3.05) is 23.3 Å². The van der Waals surface area contributed by atoms with Crippen molar-refractivity contribution in [2.24, 2.45) is 5.41 Å². The van der Waals surface area contributed by atoms with Gasteiger partial charge in [-0.25, -0.2) is 4.39 Å². The molecule has 2 atom stereocenters. The number of carbonyl (C=O) groups is 2. The summed E-state index contributed by atoms with van der Waals surface area (Å²) in [5.74, 6) is -1.95. The number of ether oxygens (including phenoxy) is 1. The molecule has 25 heavy (non-hydrogen) atoms. The first kappa shape index (κ1) is 19.2. The van der Waals surface area contributed by atoms with Crippen LogP contribution in [0.25, 0.3) is 0 Å². The molecule has 1 aliphatic rings. The third-order valence-corrected chi connectivity index (χ3v) is 4.17. The van der Waals surface area contributed by atoms with Crippen LogP contribution in [-0.2, 0) is 14.3 Å². The average Bonchev–Trinajstić information content (AvgIpc) is 2.45. The van der Waals surface area contributed by atoms with E-state index in [1.165, 1.54) is 19.9 Å². The number of amides is 1. The minimum absolute atomic E-state index is 0.0146. The predicted molar refractivity (Wildman–Crippen MR) is 93.3 cm³/mol. The molecule has 1 fully saturated rings. The van der Waals surface area contributed by atoms with Crippen LogP contribution < -0.4 is 10.2 Å². The van der Waals surface area contributed by atoms with E-state index in [0.29, 0.717) is 24.5 Å². The lowest BCUT2D eigenvalue weighted by Gasteiger charge is -2.37. The van der Waals surface area contributed by atoms with E-state index in [4.69, 9.17) is 9.84 Å². The molecule has 6 nitrogen and oxygen atoms in total. The van der Waals surface area contributed by atoms with E-state index in [1.54, 1.807) is 12.1 Å². The average molecular weight is 352 g/mol. The van der Waals surface area contributed by atoms with Crippen molar-refractivity contribution in [3.05, 3.63) is 24.0 Å². The standard InChI is InChI=1S/C18H25FN2O4/c1-11-9-21(10-12(2)25-11)15-6-5-13(7-14(15)19)20-16(22)8-18(3,4)17(23)24/h5-7,11-12H,8-10H2,1-4H3,(H,20,22)(H,23,24)/t11-,12-/m1/s1. The lowest BCUT2D eigenvalue weighted by atomic mass is 9.89. The van der Waals surface area contributed by atoms with Crippen molar-refractivity contribution in [2.45, 2.75) is 46.3 Å². The molecule has 0 unspecified atom stereocenters. The lowest BCUT2D eigenvalue weighted by molar-refractivity contribution is -0.148. The fraction of sp³-hybridized carbons (Fsp3) is 0.556. The highest BCUT2D eigenvalue weighted by molar-refractivity contribution is 5.94. The molecule has 0 radical (unpaired) electrons. The smallest absolute Gasteiger partial charge is 0.309 e. The Bertz CT molecular complexity index is 652. The van der Waals surface area contributed by atoms with Crippen LogP contribution in [0, 0.1) is 11.2 Å². The van der Waals surface area contributed by atoms with E-state index in [9.17, 15) is 14.0 Å². The van der Waals surface area contributed by atoms with Gasteiger partial charge in [0.25, 0.3) is 0 Å². The summed E-state index contributed by atoms with van der Waals surface area (Å²) in [6, 6.07) is 4.50. The molecule has 7 heteroatoms. The zero-order valence-corrected chi connectivity index (χ0v) is 15.0. The molecule has 1 saturated heterocycles. The van der Waals surface area contributed by atoms with Crippen molar-refractivity contribution < 1.29 is 23.8 Å². The summed E-state index contributed by atoms with van der Waals surface area (Å²) in [6.07, 6.45) is -0.161. The number of rotatable bonds is 5. The number of carboxylic acid groups (broad SMARTS) is 1. The maximum atomic E-state index is 14.5. The monoisotopic (exact) mass is 352 g/mol. The van der Waals surface area contributed by atoms with Gasteiger partial charge in [0.15, 0.2) is 0 Å². The van der Waals surface area contributed by atoms with Crippen molar-refractivity contribution in [3.8, 4) is 0 Å². The van der Waals surface area contributed by atoms with Gasteiger partial charge in [0.2, 0.25) is 5.91 Å². The first-order valence-corrected chi connectivity index (χ1v) is 8.31. The summed E-state index contributed by atoms with van der Waals surface area (Å²) >= 11 is 0. The molecule has 1 amide bonds. The minimum atomic E-state index is -1.18. The van der Waals surface area contributed by atoms with Crippen molar-refractivity contribution >= 4 is 23.3 Å². The Morgan fingerprint density at radius 2 is 1.92 bits per heavy atom. The summed E-state index contributed by atoms with van der Waals surface area (Å²) < 4.78 is 20.1. The zero-order valence-electron chi connectivity index (χ0n) is 15.0. The summed E-state index contributed by atoms with van der Waals surface area (Å²) in [6.45, 7) is 8.02. The minimum Gasteiger partial charge on any atom is -0.481 e. The van der Waals surface area contributed by atoms with Gasteiger partial charge in [0, 0.05) is 25.2 Å². The molecule has 1 heterocycles. The van der Waals surface area contributed by atoms with Crippen LogP contribution in [0.1, 0.15) is 34.1 Å². The molecule has 0 bridgehead atoms. The number of nitrogens with zero attached hydrogens (tertiary/aromatic N) is 1. The van der Waals surface area contributed by atoms with Crippen molar-refractivity contribution in [1.29, 1.82) is 0 Å². The normalized spacial score (nSPS) is 21.1. The highest BCUT2D eigenvalue weighted by Gasteiger charge is 2.30. The number of anilines is 2. The van der Waals surface area contributed by atoms with Gasteiger partial charge in [-0.1, -0.05) is 0 Å². The van der Waals surface area contributed by atoms with Gasteiger partial charge in [0.05, 0.1) is 23.3 Å². The van der Waals surface area contributed by atoms with Gasteiger partial charge in [-0.3, -0.25) is 9.59 Å². The maximum Gasteiger partial charge on any atom is 0.309 e. The molecule has 2 rings (SSSR count). The molecule has 0 spiro atoms. The fourth-order valence-electron chi connectivity index (χ4n) is 2.90. The van der Waals surface area contributed by atoms with Crippen LogP contribution in [0.15, 0.2) is 18.2 Å². The number of hydrogen-bond donors (Lipinski definition) is 2. The second kappa shape index (κ2) is 7.39. The van der Waals surface area contributed by atoms with E-state index in [2.05, 4.69) is 5.32 Å². The second-order valence-corrected chi connectivity index (χ2v) is 7.24. The third-order valence-electron chi connectivity index (χ3n) is 4.17. The van der Waals surface area contributed by atoms with Crippen LogP contribution in [-0.4, -0.2) is 42.3 Å².